The van der Waals surface area contributed by atoms with E-state index in [0.29, 0.717) is 0 Å². The van der Waals surface area contributed by atoms with Gasteiger partial charge in [-0.25, -0.2) is 4.18 Å². The van der Waals surface area contributed by atoms with Gasteiger partial charge in [0.2, 0.25) is 0 Å². The molecule has 86 valence electrons. The summed E-state index contributed by atoms with van der Waals surface area (Å²) in [6, 6.07) is 0. The summed E-state index contributed by atoms with van der Waals surface area (Å²) >= 11 is 6.90. The molecule has 0 fully saturated rings. The molecule has 3 unspecified atom stereocenters. The highest BCUT2D eigenvalue weighted by atomic mass is 32.3. The molecule has 7 nitrogen and oxygen atoms in total. The highest BCUT2D eigenvalue weighted by Crippen LogP contribution is 2.21. The summed E-state index contributed by atoms with van der Waals surface area (Å²) in [4.78, 5) is 0. The first kappa shape index (κ1) is 14.5. The monoisotopic (exact) mass is 266 g/mol. The summed E-state index contributed by atoms with van der Waals surface area (Å²) < 4.78 is 32.2. The van der Waals surface area contributed by atoms with Crippen LogP contribution < -0.4 is 0 Å². The van der Waals surface area contributed by atoms with E-state index in [9.17, 15) is 8.42 Å². The average Bonchev–Trinajstić information content (AvgIpc) is 1.78. The summed E-state index contributed by atoms with van der Waals surface area (Å²) in [7, 11) is -4.88. The zero-order valence-electron chi connectivity index (χ0n) is 6.63. The van der Waals surface area contributed by atoms with Crippen molar-refractivity contribution >= 4 is 35.7 Å². The zero-order valence-corrected chi connectivity index (χ0v) is 9.23. The van der Waals surface area contributed by atoms with Crippen LogP contribution in [-0.4, -0.2) is 45.5 Å². The van der Waals surface area contributed by atoms with Gasteiger partial charge in [0.1, 0.15) is 10.9 Å². The molecular formula is C4H10O7S3. The van der Waals surface area contributed by atoms with Crippen LogP contribution in [0.5, 0.6) is 0 Å². The summed E-state index contributed by atoms with van der Waals surface area (Å²) in [6.07, 6.45) is -2.15. The Balaban J connectivity index is 4.53. The van der Waals surface area contributed by atoms with Crippen molar-refractivity contribution in [3.05, 3.63) is 0 Å². The Morgan fingerprint density at radius 3 is 1.64 bits per heavy atom. The minimum Gasteiger partial charge on any atom is -0.382 e. The first-order chi connectivity index (χ1) is 6.15. The largest absolute Gasteiger partial charge is 0.399 e. The van der Waals surface area contributed by atoms with E-state index in [1.807, 2.05) is 0 Å². The summed E-state index contributed by atoms with van der Waals surface area (Å²) in [5.74, 6) is -1.50. The quantitative estimate of drug-likeness (QED) is 0.198. The minimum atomic E-state index is -4.88. The fraction of sp³-hybridized carbons (Fsp3) is 1.00. The van der Waals surface area contributed by atoms with E-state index in [4.69, 9.17) is 19.9 Å². The molecule has 0 radical (unpaired) electrons. The number of hydrogen-bond acceptors (Lipinski definition) is 8. The van der Waals surface area contributed by atoms with E-state index in [-0.39, 0.29) is 0 Å². The van der Waals surface area contributed by atoms with Gasteiger partial charge in [-0.3, -0.25) is 4.55 Å². The molecule has 4 N–H and O–H groups in total. The lowest BCUT2D eigenvalue weighted by Crippen LogP contribution is -2.38. The Labute approximate surface area is 91.5 Å². The molecule has 0 saturated heterocycles. The van der Waals surface area contributed by atoms with Crippen molar-refractivity contribution in [3.8, 4) is 0 Å². The Hall–Kier alpha value is 0.450. The zero-order chi connectivity index (χ0) is 11.5. The molecule has 0 rings (SSSR count). The van der Waals surface area contributed by atoms with Crippen molar-refractivity contribution < 1.29 is 32.5 Å². The third-order valence-electron chi connectivity index (χ3n) is 1.24. The standard InChI is InChI=1S/C4H10O7S3/c5-2(11-14(8,9)10)1(3(6)12)4(7)13/h1-7,12-13H,(H,8,9,10). The number of aliphatic hydroxyl groups is 3. The number of hydrogen-bond donors (Lipinski definition) is 6. The maximum absolute atomic E-state index is 10.2. The Kier molecular flexibility index (Phi) is 5.69. The number of thiol groups is 2. The SMILES string of the molecule is O=S(=O)(O)OC(O)C(C(O)S)C(O)S. The second kappa shape index (κ2) is 5.51. The molecule has 0 spiro atoms. The molecule has 10 heteroatoms. The predicted molar refractivity (Wildman–Crippen MR) is 52.1 cm³/mol. The highest BCUT2D eigenvalue weighted by Gasteiger charge is 2.33. The molecule has 0 heterocycles. The first-order valence-corrected chi connectivity index (χ1v) is 5.61. The molecule has 0 aromatic carbocycles. The van der Waals surface area contributed by atoms with Gasteiger partial charge in [-0.2, -0.15) is 8.42 Å². The molecule has 3 atom stereocenters. The Bertz CT molecular complexity index is 252. The molecule has 0 aromatic rings. The van der Waals surface area contributed by atoms with Gasteiger partial charge in [-0.15, -0.1) is 25.3 Å². The van der Waals surface area contributed by atoms with Crippen LogP contribution in [0.15, 0.2) is 0 Å². The predicted octanol–water partition coefficient (Wildman–Crippen LogP) is -1.76. The Morgan fingerprint density at radius 2 is 1.43 bits per heavy atom. The second-order valence-corrected chi connectivity index (χ2v) is 4.43. The third-order valence-corrected chi connectivity index (χ3v) is 2.37. The van der Waals surface area contributed by atoms with Crippen LogP contribution in [0, 0.1) is 5.92 Å². The lowest BCUT2D eigenvalue weighted by atomic mass is 10.1. The molecule has 0 amide bonds. The summed E-state index contributed by atoms with van der Waals surface area (Å²) in [6.45, 7) is 0. The topological polar surface area (TPSA) is 124 Å². The highest BCUT2D eigenvalue weighted by molar-refractivity contribution is 7.81. The average molecular weight is 266 g/mol. The maximum atomic E-state index is 10.2. The van der Waals surface area contributed by atoms with Gasteiger partial charge in [0, 0.05) is 0 Å². The van der Waals surface area contributed by atoms with Crippen LogP contribution in [0.4, 0.5) is 0 Å². The molecule has 0 aliphatic carbocycles. The molecule has 0 bridgehead atoms. The van der Waals surface area contributed by atoms with E-state index >= 15 is 0 Å². The number of rotatable bonds is 5. The van der Waals surface area contributed by atoms with Gasteiger partial charge in [-0.1, -0.05) is 0 Å². The van der Waals surface area contributed by atoms with Crippen molar-refractivity contribution in [2.45, 2.75) is 17.2 Å². The van der Waals surface area contributed by atoms with Gasteiger partial charge in [-0.05, 0) is 0 Å². The van der Waals surface area contributed by atoms with Crippen LogP contribution in [-0.2, 0) is 14.6 Å². The third kappa shape index (κ3) is 5.36. The normalized spacial score (nSPS) is 21.3. The second-order valence-electron chi connectivity index (χ2n) is 2.32. The van der Waals surface area contributed by atoms with Gasteiger partial charge in [0.05, 0.1) is 5.92 Å². The van der Waals surface area contributed by atoms with Crippen LogP contribution in [0.1, 0.15) is 0 Å². The van der Waals surface area contributed by atoms with Crippen molar-refractivity contribution in [3.63, 3.8) is 0 Å². The maximum Gasteiger partial charge on any atom is 0.399 e. The van der Waals surface area contributed by atoms with E-state index in [0.717, 1.165) is 0 Å². The molecule has 0 aliphatic rings. The molecule has 0 aromatic heterocycles. The fourth-order valence-electron chi connectivity index (χ4n) is 0.637. The lowest BCUT2D eigenvalue weighted by Gasteiger charge is -2.24. The van der Waals surface area contributed by atoms with Crippen LogP contribution >= 0.6 is 25.3 Å². The molecule has 0 saturated carbocycles. The van der Waals surface area contributed by atoms with E-state index in [2.05, 4.69) is 29.4 Å². The first-order valence-electron chi connectivity index (χ1n) is 3.21. The van der Waals surface area contributed by atoms with E-state index in [1.165, 1.54) is 0 Å². The van der Waals surface area contributed by atoms with Gasteiger partial charge >= 0.3 is 10.4 Å². The van der Waals surface area contributed by atoms with Crippen LogP contribution in [0.3, 0.4) is 0 Å². The lowest BCUT2D eigenvalue weighted by molar-refractivity contribution is -0.104. The summed E-state index contributed by atoms with van der Waals surface area (Å²) in [5.41, 5.74) is -3.14. The van der Waals surface area contributed by atoms with Gasteiger partial charge in [0.25, 0.3) is 0 Å². The molecule has 14 heavy (non-hydrogen) atoms. The van der Waals surface area contributed by atoms with Gasteiger partial charge in [0.15, 0.2) is 6.29 Å². The molecule has 0 aliphatic heterocycles. The van der Waals surface area contributed by atoms with Crippen molar-refractivity contribution in [2.75, 3.05) is 0 Å². The van der Waals surface area contributed by atoms with Gasteiger partial charge < -0.3 is 15.3 Å². The molecular weight excluding hydrogens is 256 g/mol. The van der Waals surface area contributed by atoms with Crippen molar-refractivity contribution in [1.82, 2.24) is 0 Å². The van der Waals surface area contributed by atoms with Crippen molar-refractivity contribution in [2.24, 2.45) is 5.92 Å². The summed E-state index contributed by atoms with van der Waals surface area (Å²) in [5, 5.41) is 26.8. The van der Waals surface area contributed by atoms with E-state index in [1.54, 1.807) is 0 Å². The Morgan fingerprint density at radius 1 is 1.07 bits per heavy atom. The van der Waals surface area contributed by atoms with Crippen molar-refractivity contribution in [1.29, 1.82) is 0 Å². The van der Waals surface area contributed by atoms with E-state index < -0.39 is 33.5 Å². The number of aliphatic hydroxyl groups excluding tert-OH is 3. The van der Waals surface area contributed by atoms with Crippen LogP contribution in [0.25, 0.3) is 0 Å². The smallest absolute Gasteiger partial charge is 0.382 e. The van der Waals surface area contributed by atoms with Crippen LogP contribution in [0.2, 0.25) is 0 Å². The fourth-order valence-corrected chi connectivity index (χ4v) is 1.77. The minimum absolute atomic E-state index is 1.50.